The number of carbonyl (C=O) groups is 2. The molecule has 7 heteroatoms. The number of hydrogen-bond donors (Lipinski definition) is 1. The molecule has 4 rings (SSSR count). The standard InChI is InChI=1S/C18H22N4O3/c1-12-8-21-10-14(4-5-16(21)19-12)20-18(24)13-7-17(23)22(9-13)11-15-3-2-6-25-15/h2-3,6,8,13-14H,4-5,7,9-11H2,1H3,(H,20,24)/t13-,14-/m0/s1. The van der Waals surface area contributed by atoms with Crippen molar-refractivity contribution in [2.75, 3.05) is 6.54 Å². The smallest absolute Gasteiger partial charge is 0.225 e. The molecule has 0 aromatic carbocycles. The summed E-state index contributed by atoms with van der Waals surface area (Å²) in [6.07, 6.45) is 5.65. The average molecular weight is 342 g/mol. The number of rotatable bonds is 4. The predicted molar refractivity (Wildman–Crippen MR) is 89.4 cm³/mol. The summed E-state index contributed by atoms with van der Waals surface area (Å²) < 4.78 is 7.41. The minimum atomic E-state index is -0.284. The Kier molecular flexibility index (Phi) is 4.07. The minimum Gasteiger partial charge on any atom is -0.467 e. The van der Waals surface area contributed by atoms with Crippen LogP contribution in [0.3, 0.4) is 0 Å². The highest BCUT2D eigenvalue weighted by Crippen LogP contribution is 2.22. The molecule has 1 fully saturated rings. The van der Waals surface area contributed by atoms with Gasteiger partial charge in [-0.05, 0) is 25.5 Å². The van der Waals surface area contributed by atoms with E-state index in [1.165, 1.54) is 0 Å². The topological polar surface area (TPSA) is 80.4 Å². The van der Waals surface area contributed by atoms with Gasteiger partial charge in [-0.25, -0.2) is 4.98 Å². The third-order valence-corrected chi connectivity index (χ3v) is 4.97. The maximum atomic E-state index is 12.6. The van der Waals surface area contributed by atoms with Crippen LogP contribution < -0.4 is 5.32 Å². The number of carbonyl (C=O) groups excluding carboxylic acids is 2. The van der Waals surface area contributed by atoms with E-state index in [2.05, 4.69) is 14.9 Å². The molecular weight excluding hydrogens is 320 g/mol. The van der Waals surface area contributed by atoms with E-state index >= 15 is 0 Å². The molecule has 2 atom stereocenters. The van der Waals surface area contributed by atoms with Crippen LogP contribution in [0.1, 0.15) is 30.1 Å². The van der Waals surface area contributed by atoms with E-state index in [1.807, 2.05) is 19.2 Å². The first-order valence-electron chi connectivity index (χ1n) is 8.71. The molecule has 0 radical (unpaired) electrons. The molecule has 2 aliphatic heterocycles. The van der Waals surface area contributed by atoms with Crippen LogP contribution in [0.15, 0.2) is 29.0 Å². The lowest BCUT2D eigenvalue weighted by atomic mass is 10.0. The first-order valence-corrected chi connectivity index (χ1v) is 8.71. The van der Waals surface area contributed by atoms with Crippen molar-refractivity contribution in [2.45, 2.75) is 45.3 Å². The summed E-state index contributed by atoms with van der Waals surface area (Å²) in [5.74, 6) is 1.52. The summed E-state index contributed by atoms with van der Waals surface area (Å²) in [5.41, 5.74) is 1.01. The second kappa shape index (κ2) is 6.38. The number of nitrogens with zero attached hydrogens (tertiary/aromatic N) is 3. The Hall–Kier alpha value is -2.57. The monoisotopic (exact) mass is 342 g/mol. The van der Waals surface area contributed by atoms with Gasteiger partial charge in [-0.1, -0.05) is 0 Å². The second-order valence-corrected chi connectivity index (χ2v) is 6.95. The Labute approximate surface area is 146 Å². The van der Waals surface area contributed by atoms with Gasteiger partial charge in [0.2, 0.25) is 11.8 Å². The number of furan rings is 1. The first kappa shape index (κ1) is 15.9. The van der Waals surface area contributed by atoms with Gasteiger partial charge >= 0.3 is 0 Å². The van der Waals surface area contributed by atoms with Crippen molar-refractivity contribution in [3.8, 4) is 0 Å². The number of amides is 2. The van der Waals surface area contributed by atoms with E-state index in [0.717, 1.165) is 36.7 Å². The lowest BCUT2D eigenvalue weighted by Crippen LogP contribution is -2.44. The highest BCUT2D eigenvalue weighted by molar-refractivity contribution is 5.89. The SMILES string of the molecule is Cc1cn2c(n1)CC[C@H](NC(=O)[C@H]1CC(=O)N(Cc3ccco3)C1)C2. The molecule has 0 bridgehead atoms. The number of aromatic nitrogens is 2. The third-order valence-electron chi connectivity index (χ3n) is 4.97. The normalized spacial score (nSPS) is 22.9. The minimum absolute atomic E-state index is 0.00714. The van der Waals surface area contributed by atoms with Crippen LogP contribution in [0.25, 0.3) is 0 Å². The van der Waals surface area contributed by atoms with E-state index in [9.17, 15) is 9.59 Å². The van der Waals surface area contributed by atoms with Crippen molar-refractivity contribution in [2.24, 2.45) is 5.92 Å². The summed E-state index contributed by atoms with van der Waals surface area (Å²) in [5, 5.41) is 3.12. The zero-order valence-corrected chi connectivity index (χ0v) is 14.3. The maximum absolute atomic E-state index is 12.6. The first-order chi connectivity index (χ1) is 12.1. The number of likely N-dealkylation sites (tertiary alicyclic amines) is 1. The fourth-order valence-corrected chi connectivity index (χ4v) is 3.71. The van der Waals surface area contributed by atoms with Crippen LogP contribution in [-0.2, 0) is 29.1 Å². The molecular formula is C18H22N4O3. The van der Waals surface area contributed by atoms with Crippen molar-refractivity contribution in [1.29, 1.82) is 0 Å². The predicted octanol–water partition coefficient (Wildman–Crippen LogP) is 1.26. The average Bonchev–Trinajstić information content (AvgIpc) is 3.28. The molecule has 0 spiro atoms. The third kappa shape index (κ3) is 3.31. The molecule has 0 unspecified atom stereocenters. The van der Waals surface area contributed by atoms with Crippen LogP contribution in [0.5, 0.6) is 0 Å². The number of nitrogens with one attached hydrogen (secondary N) is 1. The van der Waals surface area contributed by atoms with Crippen molar-refractivity contribution in [1.82, 2.24) is 19.8 Å². The molecule has 2 amide bonds. The fraction of sp³-hybridized carbons (Fsp3) is 0.500. The highest BCUT2D eigenvalue weighted by atomic mass is 16.3. The summed E-state index contributed by atoms with van der Waals surface area (Å²) >= 11 is 0. The van der Waals surface area contributed by atoms with Crippen molar-refractivity contribution < 1.29 is 14.0 Å². The molecule has 2 aliphatic rings. The molecule has 1 saturated heterocycles. The summed E-state index contributed by atoms with van der Waals surface area (Å²) in [6, 6.07) is 3.74. The molecule has 25 heavy (non-hydrogen) atoms. The summed E-state index contributed by atoms with van der Waals surface area (Å²) in [7, 11) is 0. The van der Waals surface area contributed by atoms with Gasteiger partial charge in [0.25, 0.3) is 0 Å². The van der Waals surface area contributed by atoms with Crippen LogP contribution in [-0.4, -0.2) is 38.9 Å². The van der Waals surface area contributed by atoms with E-state index in [-0.39, 0.29) is 30.2 Å². The Morgan fingerprint density at radius 3 is 3.12 bits per heavy atom. The zero-order valence-electron chi connectivity index (χ0n) is 14.3. The molecule has 2 aromatic rings. The van der Waals surface area contributed by atoms with Gasteiger partial charge < -0.3 is 19.2 Å². The Morgan fingerprint density at radius 1 is 1.44 bits per heavy atom. The molecule has 7 nitrogen and oxygen atoms in total. The Morgan fingerprint density at radius 2 is 2.32 bits per heavy atom. The van der Waals surface area contributed by atoms with E-state index in [4.69, 9.17) is 4.42 Å². The Bertz CT molecular complexity index is 780. The zero-order chi connectivity index (χ0) is 17.4. The molecule has 1 N–H and O–H groups in total. The molecule has 0 saturated carbocycles. The van der Waals surface area contributed by atoms with Gasteiger partial charge in [0.15, 0.2) is 0 Å². The number of imidazole rings is 1. The molecule has 132 valence electrons. The van der Waals surface area contributed by atoms with Gasteiger partial charge in [-0.2, -0.15) is 0 Å². The lowest BCUT2D eigenvalue weighted by Gasteiger charge is -2.25. The van der Waals surface area contributed by atoms with Crippen molar-refractivity contribution in [3.05, 3.63) is 41.9 Å². The van der Waals surface area contributed by atoms with E-state index < -0.39 is 0 Å². The van der Waals surface area contributed by atoms with Crippen molar-refractivity contribution >= 4 is 11.8 Å². The molecule has 4 heterocycles. The second-order valence-electron chi connectivity index (χ2n) is 6.95. The van der Waals surface area contributed by atoms with Gasteiger partial charge in [-0.15, -0.1) is 0 Å². The lowest BCUT2D eigenvalue weighted by molar-refractivity contribution is -0.129. The molecule has 0 aliphatic carbocycles. The van der Waals surface area contributed by atoms with E-state index in [0.29, 0.717) is 13.1 Å². The van der Waals surface area contributed by atoms with Crippen LogP contribution in [0.4, 0.5) is 0 Å². The van der Waals surface area contributed by atoms with Crippen molar-refractivity contribution in [3.63, 3.8) is 0 Å². The van der Waals surface area contributed by atoms with Gasteiger partial charge in [0, 0.05) is 38.2 Å². The van der Waals surface area contributed by atoms with Crippen LogP contribution in [0.2, 0.25) is 0 Å². The quantitative estimate of drug-likeness (QED) is 0.907. The highest BCUT2D eigenvalue weighted by Gasteiger charge is 2.35. The van der Waals surface area contributed by atoms with Crippen LogP contribution in [0, 0.1) is 12.8 Å². The summed E-state index contributed by atoms with van der Waals surface area (Å²) in [4.78, 5) is 30.9. The summed E-state index contributed by atoms with van der Waals surface area (Å²) in [6.45, 7) is 3.61. The van der Waals surface area contributed by atoms with Crippen LogP contribution >= 0.6 is 0 Å². The fourth-order valence-electron chi connectivity index (χ4n) is 3.71. The number of hydrogen-bond acceptors (Lipinski definition) is 4. The number of aryl methyl sites for hydroxylation is 2. The largest absolute Gasteiger partial charge is 0.467 e. The maximum Gasteiger partial charge on any atom is 0.225 e. The molecule has 2 aromatic heterocycles. The van der Waals surface area contributed by atoms with Gasteiger partial charge in [0.1, 0.15) is 11.6 Å². The van der Waals surface area contributed by atoms with Gasteiger partial charge in [-0.3, -0.25) is 9.59 Å². The van der Waals surface area contributed by atoms with Gasteiger partial charge in [0.05, 0.1) is 24.4 Å². The Balaban J connectivity index is 1.33. The van der Waals surface area contributed by atoms with E-state index in [1.54, 1.807) is 17.2 Å². The number of fused-ring (bicyclic) bond motifs is 1.